The molecule has 1 aliphatic heterocycles. The molecule has 7 heteroatoms. The van der Waals surface area contributed by atoms with Gasteiger partial charge in [0.05, 0.1) is 5.70 Å². The standard InChI is InChI=1S/C10H10F3N3O/c1-6-4-3-5-9(2)7(6)14-15-16(9)8(17)10(11,12)13/h3-4H,5H2,1-2H3. The summed E-state index contributed by atoms with van der Waals surface area (Å²) in [7, 11) is 0. The van der Waals surface area contributed by atoms with Gasteiger partial charge in [-0.2, -0.15) is 18.2 Å². The molecular formula is C10H10F3N3O. The summed E-state index contributed by atoms with van der Waals surface area (Å²) in [6.45, 7) is 3.25. The minimum absolute atomic E-state index is 0.272. The van der Waals surface area contributed by atoms with Crippen LogP contribution < -0.4 is 0 Å². The molecule has 0 saturated carbocycles. The fraction of sp³-hybridized carbons (Fsp3) is 0.500. The molecule has 0 N–H and O–H groups in total. The lowest BCUT2D eigenvalue weighted by atomic mass is 9.86. The van der Waals surface area contributed by atoms with Crippen LogP contribution in [0.2, 0.25) is 0 Å². The van der Waals surface area contributed by atoms with E-state index in [0.29, 0.717) is 10.7 Å². The summed E-state index contributed by atoms with van der Waals surface area (Å²) < 4.78 is 37.2. The maximum atomic E-state index is 12.4. The second-order valence-electron chi connectivity index (χ2n) is 4.22. The lowest BCUT2D eigenvalue weighted by molar-refractivity contribution is -0.189. The Hall–Kier alpha value is -1.66. The van der Waals surface area contributed by atoms with Crippen LogP contribution in [0.15, 0.2) is 33.8 Å². The Balaban J connectivity index is 2.40. The van der Waals surface area contributed by atoms with Crippen LogP contribution in [-0.2, 0) is 4.79 Å². The number of carbonyl (C=O) groups is 1. The molecule has 92 valence electrons. The molecular weight excluding hydrogens is 235 g/mol. The van der Waals surface area contributed by atoms with Gasteiger partial charge in [0.1, 0.15) is 5.54 Å². The molecule has 1 atom stereocenters. The number of fused-ring (bicyclic) bond motifs is 1. The summed E-state index contributed by atoms with van der Waals surface area (Å²) in [5.41, 5.74) is 0.0170. The maximum absolute atomic E-state index is 12.4. The second-order valence-corrected chi connectivity index (χ2v) is 4.22. The second kappa shape index (κ2) is 3.41. The number of rotatable bonds is 0. The van der Waals surface area contributed by atoms with E-state index in [1.807, 2.05) is 0 Å². The first-order valence-corrected chi connectivity index (χ1v) is 4.98. The van der Waals surface area contributed by atoms with Gasteiger partial charge in [0.15, 0.2) is 0 Å². The minimum Gasteiger partial charge on any atom is -0.262 e. The van der Waals surface area contributed by atoms with Crippen molar-refractivity contribution in [2.24, 2.45) is 10.3 Å². The monoisotopic (exact) mass is 245 g/mol. The predicted molar refractivity (Wildman–Crippen MR) is 52.6 cm³/mol. The molecule has 0 aromatic heterocycles. The molecule has 4 nitrogen and oxygen atoms in total. The van der Waals surface area contributed by atoms with Gasteiger partial charge in [0.2, 0.25) is 0 Å². The summed E-state index contributed by atoms with van der Waals surface area (Å²) in [4.78, 5) is 11.2. The van der Waals surface area contributed by atoms with E-state index < -0.39 is 17.6 Å². The molecule has 1 unspecified atom stereocenters. The van der Waals surface area contributed by atoms with Crippen molar-refractivity contribution in [3.05, 3.63) is 23.4 Å². The molecule has 0 bridgehead atoms. The van der Waals surface area contributed by atoms with Crippen molar-refractivity contribution >= 4 is 5.91 Å². The third-order valence-electron chi connectivity index (χ3n) is 2.90. The summed E-state index contributed by atoms with van der Waals surface area (Å²) >= 11 is 0. The van der Waals surface area contributed by atoms with E-state index in [1.165, 1.54) is 6.92 Å². The molecule has 17 heavy (non-hydrogen) atoms. The Morgan fingerprint density at radius 1 is 1.53 bits per heavy atom. The topological polar surface area (TPSA) is 45.0 Å². The highest BCUT2D eigenvalue weighted by Gasteiger charge is 2.53. The van der Waals surface area contributed by atoms with Gasteiger partial charge in [-0.15, -0.1) is 5.11 Å². The van der Waals surface area contributed by atoms with Crippen molar-refractivity contribution in [2.45, 2.75) is 32.0 Å². The summed E-state index contributed by atoms with van der Waals surface area (Å²) in [5, 5.41) is 7.47. The lowest BCUT2D eigenvalue weighted by Gasteiger charge is -2.33. The van der Waals surface area contributed by atoms with Crippen molar-refractivity contribution in [1.82, 2.24) is 5.01 Å². The quantitative estimate of drug-likeness (QED) is 0.647. The number of amides is 1. The van der Waals surface area contributed by atoms with Crippen molar-refractivity contribution in [1.29, 1.82) is 0 Å². The molecule has 1 heterocycles. The van der Waals surface area contributed by atoms with Gasteiger partial charge < -0.3 is 0 Å². The first-order valence-electron chi connectivity index (χ1n) is 4.98. The number of nitrogens with zero attached hydrogens (tertiary/aromatic N) is 3. The van der Waals surface area contributed by atoms with E-state index in [1.54, 1.807) is 19.1 Å². The van der Waals surface area contributed by atoms with Crippen LogP contribution in [0.1, 0.15) is 20.3 Å². The maximum Gasteiger partial charge on any atom is 0.473 e. The van der Waals surface area contributed by atoms with E-state index in [9.17, 15) is 18.0 Å². The number of carbonyl (C=O) groups excluding carboxylic acids is 1. The molecule has 0 aromatic rings. The molecule has 0 spiro atoms. The SMILES string of the molecule is CC1=C2N=NN(C(=O)C(F)(F)F)C2(C)CC=C1. The largest absolute Gasteiger partial charge is 0.473 e. The van der Waals surface area contributed by atoms with E-state index >= 15 is 0 Å². The van der Waals surface area contributed by atoms with Crippen molar-refractivity contribution in [3.63, 3.8) is 0 Å². The summed E-state index contributed by atoms with van der Waals surface area (Å²) in [5.74, 6) is -1.98. The first-order chi connectivity index (χ1) is 7.77. The highest BCUT2D eigenvalue weighted by molar-refractivity contribution is 5.83. The van der Waals surface area contributed by atoms with Gasteiger partial charge in [-0.25, -0.2) is 0 Å². The Bertz CT molecular complexity index is 464. The summed E-state index contributed by atoms with van der Waals surface area (Å²) in [6, 6.07) is 0. The highest BCUT2D eigenvalue weighted by atomic mass is 19.4. The zero-order valence-corrected chi connectivity index (χ0v) is 9.25. The van der Waals surface area contributed by atoms with Gasteiger partial charge in [0, 0.05) is 0 Å². The van der Waals surface area contributed by atoms with Gasteiger partial charge in [-0.1, -0.05) is 17.4 Å². The number of allylic oxidation sites excluding steroid dienone is 2. The van der Waals surface area contributed by atoms with E-state index in [4.69, 9.17) is 0 Å². The number of hydrogen-bond acceptors (Lipinski definition) is 3. The van der Waals surface area contributed by atoms with Gasteiger partial charge in [-0.3, -0.25) is 4.79 Å². The van der Waals surface area contributed by atoms with Crippen molar-refractivity contribution in [3.8, 4) is 0 Å². The molecule has 0 saturated heterocycles. The molecule has 2 aliphatic rings. The average molecular weight is 245 g/mol. The fourth-order valence-electron chi connectivity index (χ4n) is 2.01. The van der Waals surface area contributed by atoms with Crippen LogP contribution in [0.3, 0.4) is 0 Å². The fourth-order valence-corrected chi connectivity index (χ4v) is 2.01. The Morgan fingerprint density at radius 3 is 2.76 bits per heavy atom. The molecule has 1 aliphatic carbocycles. The predicted octanol–water partition coefficient (Wildman–Crippen LogP) is 2.75. The molecule has 1 amide bonds. The highest BCUT2D eigenvalue weighted by Crippen LogP contribution is 2.42. The van der Waals surface area contributed by atoms with Gasteiger partial charge in [0.25, 0.3) is 0 Å². The number of alkyl halides is 3. The van der Waals surface area contributed by atoms with E-state index in [0.717, 1.165) is 5.57 Å². The van der Waals surface area contributed by atoms with E-state index in [2.05, 4.69) is 10.3 Å². The average Bonchev–Trinajstić information content (AvgIpc) is 2.54. The first kappa shape index (κ1) is 11.8. The Morgan fingerprint density at radius 2 is 2.18 bits per heavy atom. The van der Waals surface area contributed by atoms with Gasteiger partial charge in [-0.05, 0) is 25.8 Å². The number of hydrogen-bond donors (Lipinski definition) is 0. The molecule has 0 radical (unpaired) electrons. The van der Waals surface area contributed by atoms with Crippen LogP contribution in [-0.4, -0.2) is 22.6 Å². The molecule has 0 fully saturated rings. The van der Waals surface area contributed by atoms with Gasteiger partial charge >= 0.3 is 12.1 Å². The van der Waals surface area contributed by atoms with Crippen molar-refractivity contribution < 1.29 is 18.0 Å². The van der Waals surface area contributed by atoms with Crippen LogP contribution in [0.5, 0.6) is 0 Å². The number of halogens is 3. The van der Waals surface area contributed by atoms with E-state index in [-0.39, 0.29) is 6.42 Å². The Labute approximate surface area is 95.5 Å². The zero-order valence-electron chi connectivity index (χ0n) is 9.25. The summed E-state index contributed by atoms with van der Waals surface area (Å²) in [6.07, 6.45) is -1.19. The van der Waals surface area contributed by atoms with Crippen molar-refractivity contribution in [2.75, 3.05) is 0 Å². The third-order valence-corrected chi connectivity index (χ3v) is 2.90. The van der Waals surface area contributed by atoms with Crippen LogP contribution >= 0.6 is 0 Å². The van der Waals surface area contributed by atoms with Crippen LogP contribution in [0.25, 0.3) is 0 Å². The van der Waals surface area contributed by atoms with Crippen LogP contribution in [0.4, 0.5) is 13.2 Å². The molecule has 0 aromatic carbocycles. The van der Waals surface area contributed by atoms with Crippen LogP contribution in [0, 0.1) is 0 Å². The molecule has 2 rings (SSSR count). The zero-order chi connectivity index (χ0) is 12.8. The normalized spacial score (nSPS) is 27.7. The minimum atomic E-state index is -4.94. The smallest absolute Gasteiger partial charge is 0.262 e. The third kappa shape index (κ3) is 1.65. The Kier molecular flexibility index (Phi) is 2.37. The lowest BCUT2D eigenvalue weighted by Crippen LogP contribution is -2.50.